The maximum atomic E-state index is 12.0. The third-order valence-corrected chi connectivity index (χ3v) is 3.69. The van der Waals surface area contributed by atoms with E-state index in [2.05, 4.69) is 29.8 Å². The third-order valence-electron chi connectivity index (χ3n) is 3.69. The number of carbonyl (C=O) groups excluding carboxylic acids is 1. The van der Waals surface area contributed by atoms with Crippen LogP contribution < -0.4 is 16.0 Å². The molecule has 0 unspecified atom stereocenters. The number of anilines is 1. The Morgan fingerprint density at radius 1 is 1.04 bits per heavy atom. The van der Waals surface area contributed by atoms with Gasteiger partial charge in [-0.3, -0.25) is 0 Å². The van der Waals surface area contributed by atoms with E-state index in [1.54, 1.807) is 0 Å². The Balaban J connectivity index is 1.93. The largest absolute Gasteiger partial charge is 0.394 e. The van der Waals surface area contributed by atoms with Gasteiger partial charge in [0.05, 0.1) is 0 Å². The van der Waals surface area contributed by atoms with E-state index >= 15 is 0 Å². The summed E-state index contributed by atoms with van der Waals surface area (Å²) < 4.78 is 0. The Labute approximate surface area is 144 Å². The van der Waals surface area contributed by atoms with Crippen molar-refractivity contribution in [3.05, 3.63) is 71.9 Å². The number of urea groups is 1. The topological polar surface area (TPSA) is 53.2 Å². The maximum Gasteiger partial charge on any atom is 0.319 e. The first kappa shape index (κ1) is 17.6. The van der Waals surface area contributed by atoms with Gasteiger partial charge in [0.25, 0.3) is 0 Å². The zero-order valence-electron chi connectivity index (χ0n) is 14.5. The molecule has 0 aliphatic carbocycles. The number of carbonyl (C=O) groups is 1. The minimum atomic E-state index is -0.207. The molecule has 24 heavy (non-hydrogen) atoms. The second kappa shape index (κ2) is 8.77. The lowest BCUT2D eigenvalue weighted by Crippen LogP contribution is -2.28. The van der Waals surface area contributed by atoms with E-state index in [0.29, 0.717) is 12.5 Å². The van der Waals surface area contributed by atoms with Crippen molar-refractivity contribution in [2.75, 3.05) is 12.4 Å². The number of nitrogens with one attached hydrogen (secondary N) is 3. The minimum absolute atomic E-state index is 0.207. The van der Waals surface area contributed by atoms with Gasteiger partial charge in [0.2, 0.25) is 0 Å². The van der Waals surface area contributed by atoms with Crippen molar-refractivity contribution in [1.82, 2.24) is 10.6 Å². The van der Waals surface area contributed by atoms with Gasteiger partial charge >= 0.3 is 6.03 Å². The Morgan fingerprint density at radius 2 is 1.71 bits per heavy atom. The summed E-state index contributed by atoms with van der Waals surface area (Å²) in [6.07, 6.45) is 2.01. The highest BCUT2D eigenvalue weighted by atomic mass is 16.2. The lowest BCUT2D eigenvalue weighted by Gasteiger charge is -2.13. The van der Waals surface area contributed by atoms with E-state index in [-0.39, 0.29) is 6.03 Å². The van der Waals surface area contributed by atoms with Crippen LogP contribution in [0.2, 0.25) is 0 Å². The molecular formula is C20H25N3O. The van der Waals surface area contributed by atoms with Crippen LogP contribution in [0, 0.1) is 5.92 Å². The van der Waals surface area contributed by atoms with Gasteiger partial charge in [0.1, 0.15) is 0 Å². The van der Waals surface area contributed by atoms with Gasteiger partial charge < -0.3 is 16.0 Å². The van der Waals surface area contributed by atoms with Crippen LogP contribution in [0.3, 0.4) is 0 Å². The molecule has 0 aliphatic heterocycles. The number of benzene rings is 2. The summed E-state index contributed by atoms with van der Waals surface area (Å²) in [4.78, 5) is 12.0. The van der Waals surface area contributed by atoms with Crippen LogP contribution in [-0.2, 0) is 6.54 Å². The lowest BCUT2D eigenvalue weighted by atomic mass is 9.96. The van der Waals surface area contributed by atoms with Crippen LogP contribution in [0.1, 0.15) is 25.0 Å². The Morgan fingerprint density at radius 3 is 2.29 bits per heavy atom. The fourth-order valence-electron chi connectivity index (χ4n) is 2.44. The standard InChI is InChI=1S/C20H25N3O/c1-15(2)19(14-21-3)17-9-11-18(12-10-17)23-20(24)22-13-16-7-5-4-6-8-16/h4-12,14-15,21H,13H2,1-3H3,(H2,22,23,24)/b19-14+. The molecule has 4 nitrogen and oxygen atoms in total. The van der Waals surface area contributed by atoms with Crippen LogP contribution >= 0.6 is 0 Å². The van der Waals surface area contributed by atoms with E-state index in [4.69, 9.17) is 0 Å². The van der Waals surface area contributed by atoms with Crippen molar-refractivity contribution in [2.45, 2.75) is 20.4 Å². The first-order chi connectivity index (χ1) is 11.6. The van der Waals surface area contributed by atoms with Crippen molar-refractivity contribution in [3.63, 3.8) is 0 Å². The van der Waals surface area contributed by atoms with Crippen molar-refractivity contribution < 1.29 is 4.79 Å². The fourth-order valence-corrected chi connectivity index (χ4v) is 2.44. The SMILES string of the molecule is CN/C=C(/c1ccc(NC(=O)NCc2ccccc2)cc1)C(C)C. The van der Waals surface area contributed by atoms with Crippen LogP contribution in [-0.4, -0.2) is 13.1 Å². The van der Waals surface area contributed by atoms with Crippen molar-refractivity contribution in [2.24, 2.45) is 5.92 Å². The fraction of sp³-hybridized carbons (Fsp3) is 0.250. The van der Waals surface area contributed by atoms with Gasteiger partial charge in [-0.1, -0.05) is 56.3 Å². The smallest absolute Gasteiger partial charge is 0.319 e. The van der Waals surface area contributed by atoms with Crippen LogP contribution in [0.5, 0.6) is 0 Å². The molecule has 0 fully saturated rings. The second-order valence-electron chi connectivity index (χ2n) is 5.91. The highest BCUT2D eigenvalue weighted by molar-refractivity contribution is 5.89. The molecule has 2 rings (SSSR count). The molecule has 0 bridgehead atoms. The van der Waals surface area contributed by atoms with Gasteiger partial charge in [0, 0.05) is 25.5 Å². The molecule has 2 aromatic rings. The molecule has 0 radical (unpaired) electrons. The van der Waals surface area contributed by atoms with E-state index < -0.39 is 0 Å². The van der Waals surface area contributed by atoms with Crippen molar-refractivity contribution in [3.8, 4) is 0 Å². The average Bonchev–Trinajstić information content (AvgIpc) is 2.59. The first-order valence-corrected chi connectivity index (χ1v) is 8.16. The summed E-state index contributed by atoms with van der Waals surface area (Å²) in [5.74, 6) is 0.422. The predicted molar refractivity (Wildman–Crippen MR) is 101 cm³/mol. The number of rotatable bonds is 6. The molecule has 3 N–H and O–H groups in total. The predicted octanol–water partition coefficient (Wildman–Crippen LogP) is 4.22. The monoisotopic (exact) mass is 323 g/mol. The lowest BCUT2D eigenvalue weighted by molar-refractivity contribution is 0.251. The van der Waals surface area contributed by atoms with Crippen molar-refractivity contribution >= 4 is 17.3 Å². The van der Waals surface area contributed by atoms with Gasteiger partial charge in [-0.15, -0.1) is 0 Å². The molecule has 4 heteroatoms. The number of hydrogen-bond donors (Lipinski definition) is 3. The summed E-state index contributed by atoms with van der Waals surface area (Å²) in [6, 6.07) is 17.5. The Bertz CT molecular complexity index is 676. The van der Waals surface area contributed by atoms with Gasteiger partial charge in [0.15, 0.2) is 0 Å². The van der Waals surface area contributed by atoms with E-state index in [1.165, 1.54) is 5.57 Å². The third kappa shape index (κ3) is 5.16. The van der Waals surface area contributed by atoms with Gasteiger partial charge in [-0.05, 0) is 34.8 Å². The number of amides is 2. The van der Waals surface area contributed by atoms with E-state index in [1.807, 2.05) is 67.8 Å². The Hall–Kier alpha value is -2.75. The second-order valence-corrected chi connectivity index (χ2v) is 5.91. The Kier molecular flexibility index (Phi) is 6.43. The quantitative estimate of drug-likeness (QED) is 0.745. The van der Waals surface area contributed by atoms with Crippen molar-refractivity contribution in [1.29, 1.82) is 0 Å². The minimum Gasteiger partial charge on any atom is -0.394 e. The molecule has 0 saturated carbocycles. The van der Waals surface area contributed by atoms with Crippen LogP contribution in [0.25, 0.3) is 5.57 Å². The summed E-state index contributed by atoms with van der Waals surface area (Å²) in [6.45, 7) is 4.83. The molecule has 2 aromatic carbocycles. The van der Waals surface area contributed by atoms with Gasteiger partial charge in [-0.25, -0.2) is 4.79 Å². The molecule has 2 amide bonds. The molecule has 0 aliphatic rings. The van der Waals surface area contributed by atoms with E-state index in [0.717, 1.165) is 16.8 Å². The zero-order valence-corrected chi connectivity index (χ0v) is 14.5. The molecule has 0 spiro atoms. The molecule has 126 valence electrons. The highest BCUT2D eigenvalue weighted by Gasteiger charge is 2.07. The number of allylic oxidation sites excluding steroid dienone is 1. The molecule has 0 aromatic heterocycles. The molecule has 0 heterocycles. The van der Waals surface area contributed by atoms with Crippen LogP contribution in [0.4, 0.5) is 10.5 Å². The molecule has 0 atom stereocenters. The summed E-state index contributed by atoms with van der Waals surface area (Å²) in [5.41, 5.74) is 4.23. The zero-order chi connectivity index (χ0) is 17.4. The van der Waals surface area contributed by atoms with Crippen LogP contribution in [0.15, 0.2) is 60.8 Å². The number of hydrogen-bond acceptors (Lipinski definition) is 2. The summed E-state index contributed by atoms with van der Waals surface area (Å²) >= 11 is 0. The van der Waals surface area contributed by atoms with Gasteiger partial charge in [-0.2, -0.15) is 0 Å². The maximum absolute atomic E-state index is 12.0. The molecule has 0 saturated heterocycles. The average molecular weight is 323 g/mol. The normalized spacial score (nSPS) is 11.2. The summed E-state index contributed by atoms with van der Waals surface area (Å²) in [5, 5.41) is 8.79. The first-order valence-electron chi connectivity index (χ1n) is 8.16. The van der Waals surface area contributed by atoms with E-state index in [9.17, 15) is 4.79 Å². The highest BCUT2D eigenvalue weighted by Crippen LogP contribution is 2.23. The molecular weight excluding hydrogens is 298 g/mol. The summed E-state index contributed by atoms with van der Waals surface area (Å²) in [7, 11) is 1.90.